The molecule has 24 heavy (non-hydrogen) atoms. The van der Waals surface area contributed by atoms with Crippen molar-refractivity contribution in [3.63, 3.8) is 0 Å². The minimum atomic E-state index is 1.24. The summed E-state index contributed by atoms with van der Waals surface area (Å²) in [5.74, 6) is 3.74. The van der Waals surface area contributed by atoms with E-state index in [1.807, 2.05) is 23.5 Å². The van der Waals surface area contributed by atoms with E-state index in [1.54, 1.807) is 0 Å². The molecule has 0 N–H and O–H groups in total. The van der Waals surface area contributed by atoms with Gasteiger partial charge in [-0.3, -0.25) is 0 Å². The number of benzene rings is 1. The lowest BCUT2D eigenvalue weighted by Gasteiger charge is -2.14. The average molecular weight is 384 g/mol. The van der Waals surface area contributed by atoms with Gasteiger partial charge in [0.1, 0.15) is 0 Å². The highest BCUT2D eigenvalue weighted by Crippen LogP contribution is 2.39. The molecule has 0 aliphatic heterocycles. The second kappa shape index (κ2) is 15.5. The molecule has 1 aromatic carbocycles. The van der Waals surface area contributed by atoms with E-state index in [9.17, 15) is 0 Å². The molecule has 0 saturated heterocycles. The SMILES string of the molecule is CCCCCSc1c[c]cc(SCCCCC)c1SCCCCC. The molecule has 0 unspecified atom stereocenters. The number of thioether (sulfide) groups is 3. The van der Waals surface area contributed by atoms with Crippen molar-refractivity contribution in [2.45, 2.75) is 93.2 Å². The van der Waals surface area contributed by atoms with Crippen LogP contribution in [-0.4, -0.2) is 17.3 Å². The molecule has 1 rings (SSSR count). The number of hydrogen-bond acceptors (Lipinski definition) is 3. The molecule has 0 heterocycles. The Labute approximate surface area is 163 Å². The monoisotopic (exact) mass is 383 g/mol. The molecule has 3 heteroatoms. The van der Waals surface area contributed by atoms with Gasteiger partial charge in [-0.05, 0) is 54.7 Å². The molecule has 0 aliphatic carbocycles. The van der Waals surface area contributed by atoms with Gasteiger partial charge in [-0.25, -0.2) is 0 Å². The summed E-state index contributed by atoms with van der Waals surface area (Å²) in [7, 11) is 0. The zero-order valence-electron chi connectivity index (χ0n) is 15.9. The van der Waals surface area contributed by atoms with E-state index in [0.29, 0.717) is 0 Å². The van der Waals surface area contributed by atoms with E-state index >= 15 is 0 Å². The Hall–Kier alpha value is 0.270. The average Bonchev–Trinajstić information content (AvgIpc) is 2.60. The van der Waals surface area contributed by atoms with Crippen molar-refractivity contribution in [1.29, 1.82) is 0 Å². The number of unbranched alkanes of at least 4 members (excludes halogenated alkanes) is 6. The molecule has 0 aromatic heterocycles. The second-order valence-corrected chi connectivity index (χ2v) is 9.56. The van der Waals surface area contributed by atoms with Gasteiger partial charge in [-0.1, -0.05) is 59.3 Å². The lowest BCUT2D eigenvalue weighted by molar-refractivity contribution is 0.776. The Morgan fingerprint density at radius 3 is 1.46 bits per heavy atom. The fraction of sp³-hybridized carbons (Fsp3) is 0.714. The highest BCUT2D eigenvalue weighted by molar-refractivity contribution is 8.03. The molecule has 0 aliphatic rings. The van der Waals surface area contributed by atoms with Crippen molar-refractivity contribution < 1.29 is 0 Å². The second-order valence-electron chi connectivity index (χ2n) is 6.18. The van der Waals surface area contributed by atoms with Gasteiger partial charge in [-0.2, -0.15) is 0 Å². The maximum absolute atomic E-state index is 3.40. The van der Waals surface area contributed by atoms with Gasteiger partial charge in [0.25, 0.3) is 0 Å². The van der Waals surface area contributed by atoms with Crippen LogP contribution in [0.15, 0.2) is 26.8 Å². The van der Waals surface area contributed by atoms with Crippen LogP contribution in [0.25, 0.3) is 0 Å². The molecule has 0 saturated carbocycles. The van der Waals surface area contributed by atoms with Crippen LogP contribution in [0.4, 0.5) is 0 Å². The Morgan fingerprint density at radius 2 is 1.04 bits per heavy atom. The molecule has 0 bridgehead atoms. The van der Waals surface area contributed by atoms with Gasteiger partial charge < -0.3 is 0 Å². The van der Waals surface area contributed by atoms with Crippen LogP contribution in [0.5, 0.6) is 0 Å². The van der Waals surface area contributed by atoms with Crippen molar-refractivity contribution in [1.82, 2.24) is 0 Å². The van der Waals surface area contributed by atoms with E-state index in [1.165, 1.54) is 89.7 Å². The van der Waals surface area contributed by atoms with Gasteiger partial charge in [0, 0.05) is 14.7 Å². The number of rotatable bonds is 15. The van der Waals surface area contributed by atoms with Crippen molar-refractivity contribution in [2.75, 3.05) is 17.3 Å². The highest BCUT2D eigenvalue weighted by Gasteiger charge is 2.10. The lowest BCUT2D eigenvalue weighted by atomic mass is 10.3. The summed E-state index contributed by atoms with van der Waals surface area (Å²) in [6.07, 6.45) is 12.0. The van der Waals surface area contributed by atoms with Crippen molar-refractivity contribution >= 4 is 35.3 Å². The summed E-state index contributed by atoms with van der Waals surface area (Å²) in [5.41, 5.74) is 0. The minimum absolute atomic E-state index is 1.24. The van der Waals surface area contributed by atoms with E-state index in [0.717, 1.165) is 0 Å². The predicted molar refractivity (Wildman–Crippen MR) is 116 cm³/mol. The van der Waals surface area contributed by atoms with Crippen molar-refractivity contribution in [3.8, 4) is 0 Å². The highest BCUT2D eigenvalue weighted by atomic mass is 32.2. The summed E-state index contributed by atoms with van der Waals surface area (Å²) >= 11 is 6.17. The summed E-state index contributed by atoms with van der Waals surface area (Å²) < 4.78 is 0. The van der Waals surface area contributed by atoms with Crippen LogP contribution in [0.3, 0.4) is 0 Å². The Morgan fingerprint density at radius 1 is 0.625 bits per heavy atom. The summed E-state index contributed by atoms with van der Waals surface area (Å²) in [6.45, 7) is 6.84. The number of hydrogen-bond donors (Lipinski definition) is 0. The third-order valence-corrected chi connectivity index (χ3v) is 7.61. The van der Waals surface area contributed by atoms with Gasteiger partial charge >= 0.3 is 0 Å². The molecule has 1 aromatic rings. The normalized spacial score (nSPS) is 11.1. The molecular weight excluding hydrogens is 348 g/mol. The van der Waals surface area contributed by atoms with Crippen molar-refractivity contribution in [3.05, 3.63) is 18.2 Å². The minimum Gasteiger partial charge on any atom is -0.125 e. The van der Waals surface area contributed by atoms with Gasteiger partial charge in [-0.15, -0.1) is 35.3 Å². The first-order valence-electron chi connectivity index (χ1n) is 9.75. The van der Waals surface area contributed by atoms with Crippen LogP contribution in [0.2, 0.25) is 0 Å². The molecule has 0 fully saturated rings. The van der Waals surface area contributed by atoms with E-state index in [2.05, 4.69) is 50.7 Å². The van der Waals surface area contributed by atoms with Crippen LogP contribution in [-0.2, 0) is 0 Å². The molecule has 0 spiro atoms. The molecule has 0 nitrogen and oxygen atoms in total. The molecular formula is C21H35S3. The smallest absolute Gasteiger partial charge is 0.0345 e. The molecule has 0 atom stereocenters. The van der Waals surface area contributed by atoms with Gasteiger partial charge in [0.2, 0.25) is 0 Å². The molecule has 137 valence electrons. The summed E-state index contributed by atoms with van der Waals surface area (Å²) in [5, 5.41) is 0. The third-order valence-electron chi connectivity index (χ3n) is 3.88. The van der Waals surface area contributed by atoms with E-state index in [4.69, 9.17) is 0 Å². The van der Waals surface area contributed by atoms with E-state index in [-0.39, 0.29) is 0 Å². The predicted octanol–water partition coefficient (Wildman–Crippen LogP) is 8.33. The summed E-state index contributed by atoms with van der Waals surface area (Å²) in [6, 6.07) is 7.83. The van der Waals surface area contributed by atoms with Crippen molar-refractivity contribution in [2.24, 2.45) is 0 Å². The maximum atomic E-state index is 3.40. The fourth-order valence-electron chi connectivity index (χ4n) is 2.40. The maximum Gasteiger partial charge on any atom is 0.0345 e. The first-order valence-corrected chi connectivity index (χ1v) is 12.7. The summed E-state index contributed by atoms with van der Waals surface area (Å²) in [4.78, 5) is 4.47. The van der Waals surface area contributed by atoms with Crippen LogP contribution < -0.4 is 0 Å². The Kier molecular flexibility index (Phi) is 14.4. The first kappa shape index (κ1) is 22.3. The van der Waals surface area contributed by atoms with Gasteiger partial charge in [0.05, 0.1) is 0 Å². The zero-order chi connectivity index (χ0) is 17.5. The quantitative estimate of drug-likeness (QED) is 0.221. The van der Waals surface area contributed by atoms with Crippen LogP contribution in [0, 0.1) is 6.07 Å². The zero-order valence-corrected chi connectivity index (χ0v) is 18.3. The Bertz CT molecular complexity index is 387. The topological polar surface area (TPSA) is 0 Å². The third kappa shape index (κ3) is 9.68. The van der Waals surface area contributed by atoms with Gasteiger partial charge in [0.15, 0.2) is 0 Å². The van der Waals surface area contributed by atoms with E-state index < -0.39 is 0 Å². The van der Waals surface area contributed by atoms with Crippen LogP contribution in [0.1, 0.15) is 78.6 Å². The molecule has 0 amide bonds. The lowest BCUT2D eigenvalue weighted by Crippen LogP contribution is -1.90. The fourth-order valence-corrected chi connectivity index (χ4v) is 6.05. The first-order chi connectivity index (χ1) is 11.8. The molecule has 1 radical (unpaired) electrons. The standard InChI is InChI=1S/C21H35S3/c1-4-7-10-16-22-19-14-13-15-20(23-17-11-8-5-2)21(19)24-18-12-9-6-3/h14-15H,4-12,16-18H2,1-3H3. The Balaban J connectivity index is 2.67. The van der Waals surface area contributed by atoms with Crippen LogP contribution >= 0.6 is 35.3 Å². The largest absolute Gasteiger partial charge is 0.125 e.